The molecule has 0 saturated heterocycles. The minimum Gasteiger partial charge on any atom is -0.506 e. The monoisotopic (exact) mass is 537 g/mol. The van der Waals surface area contributed by atoms with E-state index < -0.39 is 0 Å². The van der Waals surface area contributed by atoms with Crippen LogP contribution in [0, 0.1) is 0 Å². The first-order valence-electron chi connectivity index (χ1n) is 8.14. The number of benzene rings is 3. The van der Waals surface area contributed by atoms with Crippen molar-refractivity contribution in [3.05, 3.63) is 78.6 Å². The molecule has 1 heterocycles. The molecule has 4 rings (SSSR count). The highest BCUT2D eigenvalue weighted by Crippen LogP contribution is 2.40. The molecule has 0 radical (unpaired) electrons. The van der Waals surface area contributed by atoms with Crippen molar-refractivity contribution in [2.45, 2.75) is 0 Å². The molecule has 2 N–H and O–H groups in total. The Hall–Kier alpha value is -1.79. The second kappa shape index (κ2) is 7.56. The van der Waals surface area contributed by atoms with Crippen LogP contribution in [0.1, 0.15) is 11.1 Å². The zero-order valence-corrected chi connectivity index (χ0v) is 18.7. The summed E-state index contributed by atoms with van der Waals surface area (Å²) in [6.45, 7) is 0. The number of halogens is 4. The standard InChI is InChI=1S/C21H11Br2Cl2NO2/c22-16-6-10(7-17(23)20(16)27)5-15-14-8-11(1-4-19(14)26-21(15)28)13-3-2-12(24)9-18(13)25/h1-9,27H,(H,26,28). The van der Waals surface area contributed by atoms with Crippen LogP contribution in [0.5, 0.6) is 5.75 Å². The van der Waals surface area contributed by atoms with E-state index in [-0.39, 0.29) is 11.7 Å². The Morgan fingerprint density at radius 2 is 1.64 bits per heavy atom. The van der Waals surface area contributed by atoms with Crippen LogP contribution in [0.4, 0.5) is 5.69 Å². The van der Waals surface area contributed by atoms with Crippen molar-refractivity contribution in [3.8, 4) is 16.9 Å². The lowest BCUT2D eigenvalue weighted by Gasteiger charge is -2.08. The van der Waals surface area contributed by atoms with Crippen molar-refractivity contribution >= 4 is 78.3 Å². The molecule has 7 heteroatoms. The van der Waals surface area contributed by atoms with Gasteiger partial charge in [-0.05, 0) is 85.5 Å². The van der Waals surface area contributed by atoms with E-state index in [2.05, 4.69) is 37.2 Å². The summed E-state index contributed by atoms with van der Waals surface area (Å²) in [5.41, 5.74) is 4.55. The number of hydrogen-bond donors (Lipinski definition) is 2. The average molecular weight is 540 g/mol. The van der Waals surface area contributed by atoms with Crippen molar-refractivity contribution in [2.24, 2.45) is 0 Å². The molecule has 0 aliphatic carbocycles. The van der Waals surface area contributed by atoms with Gasteiger partial charge in [0, 0.05) is 32.4 Å². The number of nitrogens with one attached hydrogen (secondary N) is 1. The van der Waals surface area contributed by atoms with Gasteiger partial charge < -0.3 is 10.4 Å². The molecule has 0 bridgehead atoms. The highest BCUT2D eigenvalue weighted by Gasteiger charge is 2.25. The minimum atomic E-state index is -0.185. The summed E-state index contributed by atoms with van der Waals surface area (Å²) >= 11 is 19.0. The van der Waals surface area contributed by atoms with E-state index in [1.54, 1.807) is 30.3 Å². The summed E-state index contributed by atoms with van der Waals surface area (Å²) in [4.78, 5) is 12.5. The molecule has 3 aromatic rings. The molecule has 3 aromatic carbocycles. The van der Waals surface area contributed by atoms with Gasteiger partial charge in [0.15, 0.2) is 0 Å². The Morgan fingerprint density at radius 1 is 0.929 bits per heavy atom. The summed E-state index contributed by atoms with van der Waals surface area (Å²) in [6.07, 6.45) is 1.78. The molecule has 140 valence electrons. The normalized spacial score (nSPS) is 14.3. The zero-order chi connectivity index (χ0) is 20.0. The van der Waals surface area contributed by atoms with Gasteiger partial charge in [0.05, 0.1) is 8.95 Å². The fourth-order valence-electron chi connectivity index (χ4n) is 3.06. The maximum atomic E-state index is 12.5. The van der Waals surface area contributed by atoms with Crippen LogP contribution in [0.2, 0.25) is 10.0 Å². The smallest absolute Gasteiger partial charge is 0.256 e. The predicted molar refractivity (Wildman–Crippen MR) is 122 cm³/mol. The number of hydrogen-bond acceptors (Lipinski definition) is 2. The molecule has 1 aliphatic heterocycles. The van der Waals surface area contributed by atoms with Gasteiger partial charge in [0.2, 0.25) is 0 Å². The van der Waals surface area contributed by atoms with Crippen molar-refractivity contribution in [1.82, 2.24) is 0 Å². The van der Waals surface area contributed by atoms with Crippen molar-refractivity contribution < 1.29 is 9.90 Å². The van der Waals surface area contributed by atoms with E-state index >= 15 is 0 Å². The molecule has 0 spiro atoms. The summed E-state index contributed by atoms with van der Waals surface area (Å²) in [5, 5.41) is 13.9. The molecule has 0 aromatic heterocycles. The lowest BCUT2D eigenvalue weighted by atomic mass is 9.98. The Balaban J connectivity index is 1.82. The molecule has 1 aliphatic rings. The van der Waals surface area contributed by atoms with E-state index in [1.807, 2.05) is 24.3 Å². The Kier molecular flexibility index (Phi) is 5.27. The fraction of sp³-hybridized carbons (Fsp3) is 0. The van der Waals surface area contributed by atoms with Crippen molar-refractivity contribution in [1.29, 1.82) is 0 Å². The van der Waals surface area contributed by atoms with Gasteiger partial charge in [-0.25, -0.2) is 0 Å². The number of aromatic hydroxyl groups is 1. The molecule has 3 nitrogen and oxygen atoms in total. The van der Waals surface area contributed by atoms with E-state index in [1.165, 1.54) is 0 Å². The summed E-state index contributed by atoms with van der Waals surface area (Å²) in [5.74, 6) is -0.0761. The lowest BCUT2D eigenvalue weighted by molar-refractivity contribution is -0.110. The fourth-order valence-corrected chi connectivity index (χ4v) is 4.80. The molecule has 28 heavy (non-hydrogen) atoms. The van der Waals surface area contributed by atoms with Gasteiger partial charge in [0.25, 0.3) is 5.91 Å². The van der Waals surface area contributed by atoms with Crippen LogP contribution in [-0.2, 0) is 4.79 Å². The van der Waals surface area contributed by atoms with Gasteiger partial charge in [-0.3, -0.25) is 4.79 Å². The topological polar surface area (TPSA) is 49.3 Å². The van der Waals surface area contributed by atoms with Crippen LogP contribution in [0.15, 0.2) is 57.5 Å². The van der Waals surface area contributed by atoms with Crippen molar-refractivity contribution in [3.63, 3.8) is 0 Å². The molecular weight excluding hydrogens is 529 g/mol. The number of amides is 1. The van der Waals surface area contributed by atoms with Crippen molar-refractivity contribution in [2.75, 3.05) is 5.32 Å². The van der Waals surface area contributed by atoms with Gasteiger partial charge in [-0.15, -0.1) is 0 Å². The highest BCUT2D eigenvalue weighted by atomic mass is 79.9. The number of phenols is 1. The Morgan fingerprint density at radius 3 is 2.32 bits per heavy atom. The first kappa shape index (κ1) is 19.5. The minimum absolute atomic E-state index is 0.109. The van der Waals surface area contributed by atoms with E-state index in [0.29, 0.717) is 24.6 Å². The summed E-state index contributed by atoms with van der Waals surface area (Å²) in [7, 11) is 0. The second-order valence-corrected chi connectivity index (χ2v) is 8.78. The van der Waals surface area contributed by atoms with Crippen LogP contribution < -0.4 is 5.32 Å². The third kappa shape index (κ3) is 3.60. The molecule has 0 saturated carbocycles. The number of phenolic OH excluding ortho intramolecular Hbond substituents is 1. The summed E-state index contributed by atoms with van der Waals surface area (Å²) < 4.78 is 1.07. The maximum Gasteiger partial charge on any atom is 0.256 e. The Bertz CT molecular complexity index is 1150. The second-order valence-electron chi connectivity index (χ2n) is 6.23. The number of rotatable bonds is 2. The van der Waals surface area contributed by atoms with Crippen LogP contribution >= 0.6 is 55.1 Å². The van der Waals surface area contributed by atoms with Gasteiger partial charge in [-0.1, -0.05) is 35.3 Å². The lowest BCUT2D eigenvalue weighted by Crippen LogP contribution is -2.03. The van der Waals surface area contributed by atoms with Crippen LogP contribution in [0.25, 0.3) is 22.8 Å². The number of carbonyl (C=O) groups excluding carboxylic acids is 1. The zero-order valence-electron chi connectivity index (χ0n) is 14.1. The number of anilines is 1. The molecular formula is C21H11Br2Cl2NO2. The maximum absolute atomic E-state index is 12.5. The number of carbonyl (C=O) groups is 1. The van der Waals surface area contributed by atoms with Gasteiger partial charge in [0.1, 0.15) is 5.75 Å². The molecule has 1 amide bonds. The van der Waals surface area contributed by atoms with E-state index in [4.69, 9.17) is 23.2 Å². The van der Waals surface area contributed by atoms with E-state index in [0.717, 1.165) is 27.9 Å². The van der Waals surface area contributed by atoms with Gasteiger partial charge in [-0.2, -0.15) is 0 Å². The first-order valence-corrected chi connectivity index (χ1v) is 10.5. The van der Waals surface area contributed by atoms with Crippen LogP contribution in [0.3, 0.4) is 0 Å². The first-order chi connectivity index (χ1) is 13.3. The largest absolute Gasteiger partial charge is 0.506 e. The third-order valence-electron chi connectivity index (χ3n) is 4.39. The SMILES string of the molecule is O=C1Nc2ccc(-c3ccc(Cl)cc3Cl)cc2C1=Cc1cc(Br)c(O)c(Br)c1. The average Bonchev–Trinajstić information content (AvgIpc) is 2.94. The third-order valence-corrected chi connectivity index (χ3v) is 6.15. The van der Waals surface area contributed by atoms with Gasteiger partial charge >= 0.3 is 0 Å². The highest BCUT2D eigenvalue weighted by molar-refractivity contribution is 9.11. The quantitative estimate of drug-likeness (QED) is 0.334. The van der Waals surface area contributed by atoms with Crippen LogP contribution in [-0.4, -0.2) is 11.0 Å². The van der Waals surface area contributed by atoms with E-state index in [9.17, 15) is 9.90 Å². The molecule has 0 atom stereocenters. The number of fused-ring (bicyclic) bond motifs is 1. The summed E-state index contributed by atoms with van der Waals surface area (Å²) in [6, 6.07) is 14.5. The Labute approximate surface area is 188 Å². The molecule has 0 fully saturated rings. The molecule has 0 unspecified atom stereocenters. The predicted octanol–water partition coefficient (Wildman–Crippen LogP) is 7.38.